The highest BCUT2D eigenvalue weighted by Gasteiger charge is 2.28. The van der Waals surface area contributed by atoms with Gasteiger partial charge < -0.3 is 4.74 Å². The second kappa shape index (κ2) is 6.76. The zero-order valence-electron chi connectivity index (χ0n) is 11.4. The molecule has 7 heteroatoms. The van der Waals surface area contributed by atoms with Crippen molar-refractivity contribution in [2.24, 2.45) is 0 Å². The molecule has 0 fully saturated rings. The van der Waals surface area contributed by atoms with Crippen LogP contribution < -0.4 is 4.74 Å². The Bertz CT molecular complexity index is 576. The van der Waals surface area contributed by atoms with Crippen molar-refractivity contribution in [1.29, 1.82) is 0 Å². The first-order chi connectivity index (χ1) is 10.00. The van der Waals surface area contributed by atoms with Crippen LogP contribution >= 0.6 is 11.6 Å². The van der Waals surface area contributed by atoms with Gasteiger partial charge >= 0.3 is 0 Å². The van der Waals surface area contributed by atoms with E-state index >= 15 is 0 Å². The summed E-state index contributed by atoms with van der Waals surface area (Å²) in [5.74, 6) is -2.69. The Labute approximate surface area is 126 Å². The van der Waals surface area contributed by atoms with Crippen LogP contribution in [0.1, 0.15) is 19.8 Å². The summed E-state index contributed by atoms with van der Waals surface area (Å²) in [4.78, 5) is 12.0. The molecule has 0 aliphatic rings. The smallest absolute Gasteiger partial charge is 0.281 e. The Kier molecular flexibility index (Phi) is 5.01. The zero-order chi connectivity index (χ0) is 15.3. The van der Waals surface area contributed by atoms with Crippen molar-refractivity contribution < 1.29 is 13.5 Å². The Hall–Kier alpha value is -1.82. The zero-order valence-corrected chi connectivity index (χ0v) is 12.1. The average Bonchev–Trinajstić information content (AvgIpc) is 2.47. The number of hydrogen-bond donors (Lipinski definition) is 0. The molecular formula is C14H14ClF2N3O. The number of aromatic nitrogens is 3. The van der Waals surface area contributed by atoms with E-state index in [0.29, 0.717) is 22.8 Å². The normalized spacial score (nSPS) is 11.4. The minimum absolute atomic E-state index is 0.149. The lowest BCUT2D eigenvalue weighted by Crippen LogP contribution is -2.25. The van der Waals surface area contributed by atoms with Gasteiger partial charge in [0.25, 0.3) is 5.92 Å². The summed E-state index contributed by atoms with van der Waals surface area (Å²) in [6, 6.07) is 3.20. The predicted molar refractivity (Wildman–Crippen MR) is 75.6 cm³/mol. The monoisotopic (exact) mass is 313 g/mol. The standard InChI is InChI=1S/C14H14ClF2N3O/c1-2-5-14(16,17)9-21-13-4-3-10(6-20-13)11-7-19-12(15)8-18-11/h3-4,6-8H,2,5,9H2,1H3. The van der Waals surface area contributed by atoms with Crippen LogP contribution in [0.4, 0.5) is 8.78 Å². The van der Waals surface area contributed by atoms with E-state index in [4.69, 9.17) is 16.3 Å². The van der Waals surface area contributed by atoms with Gasteiger partial charge in [0.15, 0.2) is 6.61 Å². The highest BCUT2D eigenvalue weighted by Crippen LogP contribution is 2.23. The van der Waals surface area contributed by atoms with E-state index in [2.05, 4.69) is 15.0 Å². The van der Waals surface area contributed by atoms with E-state index in [0.717, 1.165) is 0 Å². The first-order valence-corrected chi connectivity index (χ1v) is 6.82. The second-order valence-corrected chi connectivity index (χ2v) is 4.89. The lowest BCUT2D eigenvalue weighted by molar-refractivity contribution is -0.0491. The van der Waals surface area contributed by atoms with Gasteiger partial charge in [0.2, 0.25) is 5.88 Å². The minimum Gasteiger partial charge on any atom is -0.471 e. The summed E-state index contributed by atoms with van der Waals surface area (Å²) in [5, 5.41) is 0.296. The first-order valence-electron chi connectivity index (χ1n) is 6.45. The topological polar surface area (TPSA) is 47.9 Å². The molecule has 2 aromatic heterocycles. The van der Waals surface area contributed by atoms with E-state index in [-0.39, 0.29) is 12.3 Å². The molecule has 0 amide bonds. The number of halogens is 3. The van der Waals surface area contributed by atoms with Crippen molar-refractivity contribution in [3.63, 3.8) is 0 Å². The SMILES string of the molecule is CCCC(F)(F)COc1ccc(-c2cnc(Cl)cn2)cn1. The average molecular weight is 314 g/mol. The molecule has 2 heterocycles. The van der Waals surface area contributed by atoms with Crippen LogP contribution in [0.5, 0.6) is 5.88 Å². The van der Waals surface area contributed by atoms with Crippen LogP contribution in [0, 0.1) is 0 Å². The van der Waals surface area contributed by atoms with E-state index in [1.807, 2.05) is 0 Å². The van der Waals surface area contributed by atoms with Crippen molar-refractivity contribution in [1.82, 2.24) is 15.0 Å². The van der Waals surface area contributed by atoms with Gasteiger partial charge in [0, 0.05) is 24.2 Å². The maximum atomic E-state index is 13.3. The molecule has 0 N–H and O–H groups in total. The fourth-order valence-electron chi connectivity index (χ4n) is 1.70. The van der Waals surface area contributed by atoms with Gasteiger partial charge in [0.1, 0.15) is 5.15 Å². The van der Waals surface area contributed by atoms with Crippen molar-refractivity contribution in [3.8, 4) is 17.1 Å². The van der Waals surface area contributed by atoms with Crippen molar-refractivity contribution in [3.05, 3.63) is 35.9 Å². The lowest BCUT2D eigenvalue weighted by atomic mass is 10.2. The maximum absolute atomic E-state index is 13.3. The van der Waals surface area contributed by atoms with Crippen LogP contribution in [0.15, 0.2) is 30.7 Å². The predicted octanol–water partition coefficient (Wildman–Crippen LogP) is 4.01. The molecule has 0 saturated carbocycles. The van der Waals surface area contributed by atoms with Crippen molar-refractivity contribution in [2.75, 3.05) is 6.61 Å². The molecule has 0 radical (unpaired) electrons. The van der Waals surface area contributed by atoms with Crippen LogP contribution in [0.2, 0.25) is 5.15 Å². The van der Waals surface area contributed by atoms with Gasteiger partial charge in [-0.3, -0.25) is 4.98 Å². The quantitative estimate of drug-likeness (QED) is 0.808. The van der Waals surface area contributed by atoms with Crippen molar-refractivity contribution in [2.45, 2.75) is 25.7 Å². The molecule has 0 aromatic carbocycles. The number of nitrogens with zero attached hydrogens (tertiary/aromatic N) is 3. The van der Waals surface area contributed by atoms with Crippen LogP contribution in [-0.4, -0.2) is 27.5 Å². The van der Waals surface area contributed by atoms with Gasteiger partial charge in [-0.15, -0.1) is 0 Å². The highest BCUT2D eigenvalue weighted by molar-refractivity contribution is 6.29. The maximum Gasteiger partial charge on any atom is 0.281 e. The Balaban J connectivity index is 2.00. The molecule has 0 unspecified atom stereocenters. The summed E-state index contributed by atoms with van der Waals surface area (Å²) in [6.07, 6.45) is 4.62. The third-order valence-corrected chi connectivity index (χ3v) is 2.89. The summed E-state index contributed by atoms with van der Waals surface area (Å²) < 4.78 is 31.6. The largest absolute Gasteiger partial charge is 0.471 e. The number of pyridine rings is 1. The lowest BCUT2D eigenvalue weighted by Gasteiger charge is -2.15. The number of hydrogen-bond acceptors (Lipinski definition) is 4. The van der Waals surface area contributed by atoms with Crippen molar-refractivity contribution >= 4 is 11.6 Å². The molecule has 21 heavy (non-hydrogen) atoms. The van der Waals surface area contributed by atoms with Gasteiger partial charge in [-0.1, -0.05) is 24.9 Å². The minimum atomic E-state index is -2.84. The summed E-state index contributed by atoms with van der Waals surface area (Å²) >= 11 is 5.65. The van der Waals surface area contributed by atoms with Gasteiger partial charge in [-0.2, -0.15) is 0 Å². The van der Waals surface area contributed by atoms with E-state index in [9.17, 15) is 8.78 Å². The molecule has 0 atom stereocenters. The molecule has 0 spiro atoms. The Morgan fingerprint density at radius 1 is 1.14 bits per heavy atom. The molecule has 0 aliphatic carbocycles. The third kappa shape index (κ3) is 4.60. The molecule has 0 aliphatic heterocycles. The van der Waals surface area contributed by atoms with Gasteiger partial charge in [-0.25, -0.2) is 18.7 Å². The summed E-state index contributed by atoms with van der Waals surface area (Å²) in [6.45, 7) is 1.03. The van der Waals surface area contributed by atoms with Crippen LogP contribution in [-0.2, 0) is 0 Å². The van der Waals surface area contributed by atoms with E-state index < -0.39 is 12.5 Å². The number of rotatable bonds is 6. The molecule has 112 valence electrons. The molecule has 4 nitrogen and oxygen atoms in total. The molecule has 0 saturated heterocycles. The van der Waals surface area contributed by atoms with E-state index in [1.54, 1.807) is 13.0 Å². The van der Waals surface area contributed by atoms with Crippen LogP contribution in [0.3, 0.4) is 0 Å². The van der Waals surface area contributed by atoms with Crippen LogP contribution in [0.25, 0.3) is 11.3 Å². The molecular weight excluding hydrogens is 300 g/mol. The molecule has 2 aromatic rings. The molecule has 0 bridgehead atoms. The van der Waals surface area contributed by atoms with E-state index in [1.165, 1.54) is 24.7 Å². The third-order valence-electron chi connectivity index (χ3n) is 2.70. The number of ether oxygens (including phenoxy) is 1. The van der Waals surface area contributed by atoms with Gasteiger partial charge in [-0.05, 0) is 6.07 Å². The highest BCUT2D eigenvalue weighted by atomic mass is 35.5. The summed E-state index contributed by atoms with van der Waals surface area (Å²) in [7, 11) is 0. The fourth-order valence-corrected chi connectivity index (χ4v) is 1.79. The second-order valence-electron chi connectivity index (χ2n) is 4.50. The number of alkyl halides is 2. The molecule has 2 rings (SSSR count). The Morgan fingerprint density at radius 3 is 2.52 bits per heavy atom. The first kappa shape index (κ1) is 15.6. The summed E-state index contributed by atoms with van der Waals surface area (Å²) in [5.41, 5.74) is 1.29. The van der Waals surface area contributed by atoms with Gasteiger partial charge in [0.05, 0.1) is 18.1 Å². The Morgan fingerprint density at radius 2 is 1.95 bits per heavy atom. The fraction of sp³-hybridized carbons (Fsp3) is 0.357.